The summed E-state index contributed by atoms with van der Waals surface area (Å²) in [4.78, 5) is 19.1. The first kappa shape index (κ1) is 15.7. The topological polar surface area (TPSA) is 61.4 Å². The van der Waals surface area contributed by atoms with Crippen LogP contribution in [0.5, 0.6) is 0 Å². The third kappa shape index (κ3) is 2.17. The Labute approximate surface area is 153 Å². The second-order valence-corrected chi connectivity index (χ2v) is 8.36. The molecule has 0 unspecified atom stereocenters. The number of benzene rings is 1. The Bertz CT molecular complexity index is 1220. The van der Waals surface area contributed by atoms with Gasteiger partial charge in [0.05, 0.1) is 23.4 Å². The molecule has 0 amide bonds. The summed E-state index contributed by atoms with van der Waals surface area (Å²) in [5.41, 5.74) is 2.52. The van der Waals surface area contributed by atoms with Gasteiger partial charge in [-0.1, -0.05) is 18.2 Å². The molecule has 5 rings (SSSR count). The van der Waals surface area contributed by atoms with Gasteiger partial charge in [0.1, 0.15) is 10.5 Å². The van der Waals surface area contributed by atoms with Crippen molar-refractivity contribution in [3.05, 3.63) is 57.0 Å². The maximum atomic E-state index is 13.1. The third-order valence-electron chi connectivity index (χ3n) is 4.83. The first-order valence-electron chi connectivity index (χ1n) is 8.57. The molecule has 26 heavy (non-hydrogen) atoms. The molecule has 7 heteroatoms. The highest BCUT2D eigenvalue weighted by molar-refractivity contribution is 7.19. The normalized spacial score (nSPS) is 16.3. The molecule has 1 aromatic carbocycles. The molecule has 0 N–H and O–H groups in total. The van der Waals surface area contributed by atoms with E-state index in [1.807, 2.05) is 41.8 Å². The van der Waals surface area contributed by atoms with Gasteiger partial charge in [0.2, 0.25) is 5.78 Å². The second kappa shape index (κ2) is 5.25. The summed E-state index contributed by atoms with van der Waals surface area (Å²) in [5, 5.41) is 4.45. The lowest BCUT2D eigenvalue weighted by molar-refractivity contribution is -0.0379. The van der Waals surface area contributed by atoms with E-state index in [9.17, 15) is 4.79 Å². The molecule has 1 aliphatic heterocycles. The third-order valence-corrected chi connectivity index (χ3v) is 6.01. The lowest BCUT2D eigenvalue weighted by Gasteiger charge is -2.29. The number of hydrogen-bond acceptors (Lipinski definition) is 5. The average Bonchev–Trinajstić information content (AvgIpc) is 3.13. The van der Waals surface area contributed by atoms with Gasteiger partial charge < -0.3 is 4.74 Å². The van der Waals surface area contributed by atoms with Crippen LogP contribution in [0.2, 0.25) is 0 Å². The maximum absolute atomic E-state index is 13.1. The zero-order valence-corrected chi connectivity index (χ0v) is 15.6. The minimum Gasteiger partial charge on any atom is -0.370 e. The molecule has 4 heterocycles. The van der Waals surface area contributed by atoms with Crippen molar-refractivity contribution in [3.8, 4) is 5.69 Å². The Morgan fingerprint density at radius 3 is 2.77 bits per heavy atom. The predicted octanol–water partition coefficient (Wildman–Crippen LogP) is 3.25. The van der Waals surface area contributed by atoms with E-state index in [0.717, 1.165) is 33.9 Å². The van der Waals surface area contributed by atoms with Crippen LogP contribution in [0.25, 0.3) is 21.7 Å². The number of aryl methyl sites for hydroxylation is 1. The van der Waals surface area contributed by atoms with E-state index in [1.54, 1.807) is 0 Å². The minimum atomic E-state index is -0.247. The van der Waals surface area contributed by atoms with Crippen LogP contribution in [0.3, 0.4) is 0 Å². The van der Waals surface area contributed by atoms with Crippen molar-refractivity contribution in [2.24, 2.45) is 0 Å². The van der Waals surface area contributed by atoms with E-state index in [2.05, 4.69) is 18.9 Å². The molecule has 4 aromatic rings. The summed E-state index contributed by atoms with van der Waals surface area (Å²) in [5.74, 6) is 1.28. The summed E-state index contributed by atoms with van der Waals surface area (Å²) >= 11 is 1.48. The lowest BCUT2D eigenvalue weighted by atomic mass is 9.95. The highest BCUT2D eigenvalue weighted by atomic mass is 32.1. The fraction of sp³-hybridized carbons (Fsp3) is 0.316. The Morgan fingerprint density at radius 2 is 2.00 bits per heavy atom. The highest BCUT2D eigenvalue weighted by Crippen LogP contribution is 2.37. The van der Waals surface area contributed by atoms with Crippen LogP contribution in [-0.4, -0.2) is 24.8 Å². The molecule has 0 fully saturated rings. The fourth-order valence-electron chi connectivity index (χ4n) is 3.58. The van der Waals surface area contributed by atoms with Crippen molar-refractivity contribution >= 4 is 27.3 Å². The molecule has 0 atom stereocenters. The van der Waals surface area contributed by atoms with Crippen LogP contribution in [0.1, 0.15) is 30.1 Å². The monoisotopic (exact) mass is 366 g/mol. The van der Waals surface area contributed by atoms with E-state index < -0.39 is 0 Å². The smallest absolute Gasteiger partial charge is 0.293 e. The van der Waals surface area contributed by atoms with Gasteiger partial charge in [-0.25, -0.2) is 4.98 Å². The Hall–Kier alpha value is -2.51. The molecule has 1 aliphatic rings. The molecular formula is C19H18N4O2S. The Kier molecular flexibility index (Phi) is 3.17. The van der Waals surface area contributed by atoms with Crippen molar-refractivity contribution in [2.75, 3.05) is 0 Å². The fourth-order valence-corrected chi connectivity index (χ4v) is 4.68. The number of para-hydroxylation sites is 1. The molecule has 0 aliphatic carbocycles. The van der Waals surface area contributed by atoms with Crippen LogP contribution in [0, 0.1) is 6.92 Å². The molecule has 0 bridgehead atoms. The SMILES string of the molecule is Cc1nn2c(=O)c3sc4c(c3nc2n1-c1ccccc1)CC(C)(C)OC4. The van der Waals surface area contributed by atoms with Gasteiger partial charge in [-0.05, 0) is 38.5 Å². The molecule has 0 spiro atoms. The molecule has 0 saturated carbocycles. The molecule has 6 nitrogen and oxygen atoms in total. The van der Waals surface area contributed by atoms with E-state index in [1.165, 1.54) is 15.9 Å². The zero-order valence-electron chi connectivity index (χ0n) is 14.8. The number of thiophene rings is 1. The van der Waals surface area contributed by atoms with E-state index in [-0.39, 0.29) is 11.2 Å². The summed E-state index contributed by atoms with van der Waals surface area (Å²) in [7, 11) is 0. The maximum Gasteiger partial charge on any atom is 0.293 e. The molecule has 132 valence electrons. The summed E-state index contributed by atoms with van der Waals surface area (Å²) in [6.07, 6.45) is 0.753. The van der Waals surface area contributed by atoms with Crippen LogP contribution in [0.4, 0.5) is 0 Å². The standard InChI is InChI=1S/C19H18N4O2S/c1-11-21-23-17(24)16-15(13-9-19(2,3)25-10-14(13)26-16)20-18(23)22(11)12-7-5-4-6-8-12/h4-8H,9-10H2,1-3H3. The van der Waals surface area contributed by atoms with Crippen LogP contribution in [0.15, 0.2) is 35.1 Å². The van der Waals surface area contributed by atoms with Gasteiger partial charge in [0.15, 0.2) is 0 Å². The first-order valence-corrected chi connectivity index (χ1v) is 9.38. The number of hydrogen-bond donors (Lipinski definition) is 0. The lowest BCUT2D eigenvalue weighted by Crippen LogP contribution is -2.31. The quantitative estimate of drug-likeness (QED) is 0.519. The van der Waals surface area contributed by atoms with Gasteiger partial charge in [0.25, 0.3) is 5.56 Å². The van der Waals surface area contributed by atoms with Gasteiger partial charge in [0, 0.05) is 11.3 Å². The van der Waals surface area contributed by atoms with Gasteiger partial charge >= 0.3 is 0 Å². The highest BCUT2D eigenvalue weighted by Gasteiger charge is 2.31. The van der Waals surface area contributed by atoms with Crippen LogP contribution >= 0.6 is 11.3 Å². The molecule has 0 radical (unpaired) electrons. The zero-order chi connectivity index (χ0) is 18.1. The van der Waals surface area contributed by atoms with E-state index >= 15 is 0 Å². The van der Waals surface area contributed by atoms with Crippen LogP contribution in [-0.2, 0) is 17.8 Å². The number of fused-ring (bicyclic) bond motifs is 4. The number of ether oxygens (including phenoxy) is 1. The van der Waals surface area contributed by atoms with Crippen molar-refractivity contribution in [1.29, 1.82) is 0 Å². The second-order valence-electron chi connectivity index (χ2n) is 7.25. The van der Waals surface area contributed by atoms with Crippen molar-refractivity contribution in [3.63, 3.8) is 0 Å². The van der Waals surface area contributed by atoms with Crippen molar-refractivity contribution in [1.82, 2.24) is 19.2 Å². The summed E-state index contributed by atoms with van der Waals surface area (Å²) in [6, 6.07) is 9.88. The number of nitrogens with zero attached hydrogens (tertiary/aromatic N) is 4. The Morgan fingerprint density at radius 1 is 1.23 bits per heavy atom. The minimum absolute atomic E-state index is 0.111. The van der Waals surface area contributed by atoms with Gasteiger partial charge in [-0.15, -0.1) is 16.4 Å². The largest absolute Gasteiger partial charge is 0.370 e. The summed E-state index contributed by atoms with van der Waals surface area (Å²) in [6.45, 7) is 6.57. The number of aromatic nitrogens is 4. The van der Waals surface area contributed by atoms with Crippen molar-refractivity contribution in [2.45, 2.75) is 39.4 Å². The van der Waals surface area contributed by atoms with E-state index in [4.69, 9.17) is 9.72 Å². The Balaban J connectivity index is 1.87. The van der Waals surface area contributed by atoms with Crippen LogP contribution < -0.4 is 5.56 Å². The summed E-state index contributed by atoms with van der Waals surface area (Å²) < 4.78 is 9.91. The first-order chi connectivity index (χ1) is 12.4. The molecule has 3 aromatic heterocycles. The number of rotatable bonds is 1. The predicted molar refractivity (Wildman–Crippen MR) is 101 cm³/mol. The van der Waals surface area contributed by atoms with Gasteiger partial charge in [-0.3, -0.25) is 9.36 Å². The average molecular weight is 366 g/mol. The van der Waals surface area contributed by atoms with E-state index in [0.29, 0.717) is 17.1 Å². The van der Waals surface area contributed by atoms with Gasteiger partial charge in [-0.2, -0.15) is 4.52 Å². The molecular weight excluding hydrogens is 348 g/mol. The molecule has 0 saturated heterocycles. The van der Waals surface area contributed by atoms with Crippen molar-refractivity contribution < 1.29 is 4.74 Å².